The van der Waals surface area contributed by atoms with Crippen molar-refractivity contribution in [2.24, 2.45) is 33.9 Å². The van der Waals surface area contributed by atoms with E-state index in [1.807, 2.05) is 51.1 Å². The number of esters is 3. The molecule has 0 saturated carbocycles. The van der Waals surface area contributed by atoms with Crippen molar-refractivity contribution in [3.05, 3.63) is 56.8 Å². The Morgan fingerprint density at radius 3 is 1.81 bits per heavy atom. The fraction of sp³-hybridized carbons (Fsp3) is 0.743. The summed E-state index contributed by atoms with van der Waals surface area (Å²) in [5.41, 5.74) is 19.7. The van der Waals surface area contributed by atoms with Gasteiger partial charge in [0.05, 0.1) is 37.1 Å². The first-order valence-corrected chi connectivity index (χ1v) is 17.7. The van der Waals surface area contributed by atoms with Crippen molar-refractivity contribution in [2.45, 2.75) is 130 Å². The Labute approximate surface area is 308 Å². The average molecular weight is 747 g/mol. The molecule has 0 aromatic heterocycles. The number of carbonyl (C=O) groups excluding carboxylic acids is 3. The van der Waals surface area contributed by atoms with Crippen molar-refractivity contribution >= 4 is 17.9 Å². The minimum Gasteiger partial charge on any atom is -0.463 e. The van der Waals surface area contributed by atoms with Crippen LogP contribution in [-0.2, 0) is 63.6 Å². The summed E-state index contributed by atoms with van der Waals surface area (Å²) in [4.78, 5) is 41.4. The van der Waals surface area contributed by atoms with Crippen LogP contribution in [0, 0.1) is 23.7 Å². The Kier molecular flexibility index (Phi) is 15.3. The number of benzene rings is 1. The number of azide groups is 2. The zero-order valence-electron chi connectivity index (χ0n) is 31.3. The minimum atomic E-state index is -1.26. The van der Waals surface area contributed by atoms with Gasteiger partial charge in [0.15, 0.2) is 12.6 Å². The summed E-state index contributed by atoms with van der Waals surface area (Å²) >= 11 is 0. The van der Waals surface area contributed by atoms with Gasteiger partial charge >= 0.3 is 17.9 Å². The molecule has 0 radical (unpaired) electrons. The molecule has 7 unspecified atom stereocenters. The van der Waals surface area contributed by atoms with Crippen LogP contribution in [-0.4, -0.2) is 98.7 Å². The highest BCUT2D eigenvalue weighted by atomic mass is 16.8. The van der Waals surface area contributed by atoms with E-state index in [2.05, 4.69) is 20.1 Å². The monoisotopic (exact) mass is 746 g/mol. The van der Waals surface area contributed by atoms with Crippen molar-refractivity contribution in [3.63, 3.8) is 0 Å². The highest BCUT2D eigenvalue weighted by molar-refractivity contribution is 5.66. The van der Waals surface area contributed by atoms with Crippen LogP contribution in [0.3, 0.4) is 0 Å². The van der Waals surface area contributed by atoms with E-state index in [9.17, 15) is 25.4 Å². The molecule has 3 saturated heterocycles. The Morgan fingerprint density at radius 2 is 1.23 bits per heavy atom. The van der Waals surface area contributed by atoms with Gasteiger partial charge in [0, 0.05) is 36.5 Å². The molecule has 15 atom stereocenters. The second kappa shape index (κ2) is 19.4. The van der Waals surface area contributed by atoms with Crippen molar-refractivity contribution < 1.29 is 57.0 Å². The van der Waals surface area contributed by atoms with E-state index < -0.39 is 97.3 Å². The lowest BCUT2D eigenvalue weighted by molar-refractivity contribution is -0.353. The maximum atomic E-state index is 11.9. The third-order valence-corrected chi connectivity index (χ3v) is 10.1. The molecule has 18 heteroatoms. The number of ether oxygens (including phenoxy) is 9. The maximum absolute atomic E-state index is 11.9. The van der Waals surface area contributed by atoms with Gasteiger partial charge in [0.2, 0.25) is 6.29 Å². The van der Waals surface area contributed by atoms with Crippen LogP contribution in [0.25, 0.3) is 20.9 Å². The van der Waals surface area contributed by atoms with Crippen LogP contribution in [0.1, 0.15) is 61.0 Å². The van der Waals surface area contributed by atoms with Crippen LogP contribution in [0.15, 0.2) is 40.6 Å². The van der Waals surface area contributed by atoms with E-state index in [4.69, 9.17) is 42.6 Å². The average Bonchev–Trinajstić information content (AvgIpc) is 3.10. The smallest absolute Gasteiger partial charge is 0.304 e. The van der Waals surface area contributed by atoms with Gasteiger partial charge in [-0.05, 0) is 41.3 Å². The normalized spacial score (nSPS) is 36.9. The van der Waals surface area contributed by atoms with Gasteiger partial charge in [0.25, 0.3) is 0 Å². The highest BCUT2D eigenvalue weighted by Crippen LogP contribution is 2.40. The number of nitrogens with zero attached hydrogens (tertiary/aromatic N) is 6. The van der Waals surface area contributed by atoms with Crippen molar-refractivity contribution in [3.8, 4) is 0 Å². The van der Waals surface area contributed by atoms with Gasteiger partial charge in [-0.25, -0.2) is 0 Å². The molecule has 53 heavy (non-hydrogen) atoms. The van der Waals surface area contributed by atoms with Crippen LogP contribution in [0.4, 0.5) is 0 Å². The molecule has 0 amide bonds. The van der Waals surface area contributed by atoms with E-state index in [1.54, 1.807) is 13.8 Å². The lowest BCUT2D eigenvalue weighted by atomic mass is 9.82. The first kappa shape index (κ1) is 41.8. The van der Waals surface area contributed by atoms with Gasteiger partial charge in [-0.2, -0.15) is 0 Å². The van der Waals surface area contributed by atoms with Crippen molar-refractivity contribution in [1.29, 1.82) is 0 Å². The first-order valence-electron chi connectivity index (χ1n) is 17.7. The number of hydrogen-bond acceptors (Lipinski definition) is 14. The molecule has 3 aliphatic heterocycles. The number of rotatable bonds is 14. The van der Waals surface area contributed by atoms with Crippen LogP contribution in [0.2, 0.25) is 0 Å². The standard InChI is InChI=1S/C35H50N6O12/c1-17-18(2)28(38-40-36)34(50-26(17)15-45-22(6)42)52-30-20(4)32(47-14-25-12-10-9-11-13-25)35(48-21(30)5)53-31-19(3)29(39-41-37)33(49-24(8)44)51-27(31)16-46-23(7)43/h9-13,17-21,26-35H,14-16H2,1-8H3/t17-,18-,19+,20-,21?,26?,27?,28?,29?,30-,31-,32?,33?,34+,35-/m0/s1. The van der Waals surface area contributed by atoms with E-state index in [1.165, 1.54) is 20.8 Å². The summed E-state index contributed by atoms with van der Waals surface area (Å²) in [6.07, 6.45) is -7.80. The first-order chi connectivity index (χ1) is 25.2. The summed E-state index contributed by atoms with van der Waals surface area (Å²) in [6.45, 7) is 13.0. The summed E-state index contributed by atoms with van der Waals surface area (Å²) < 4.78 is 54.7. The Morgan fingerprint density at radius 1 is 0.660 bits per heavy atom. The predicted octanol–water partition coefficient (Wildman–Crippen LogP) is 5.13. The Balaban J connectivity index is 1.65. The molecule has 3 heterocycles. The second-order valence-corrected chi connectivity index (χ2v) is 13.8. The lowest BCUT2D eigenvalue weighted by Crippen LogP contribution is -2.62. The summed E-state index contributed by atoms with van der Waals surface area (Å²) in [5.74, 6) is -3.05. The van der Waals surface area contributed by atoms with E-state index >= 15 is 0 Å². The van der Waals surface area contributed by atoms with Gasteiger partial charge in [-0.1, -0.05) is 68.3 Å². The van der Waals surface area contributed by atoms with E-state index in [0.29, 0.717) is 0 Å². The van der Waals surface area contributed by atoms with Gasteiger partial charge < -0.3 is 42.6 Å². The van der Waals surface area contributed by atoms with Gasteiger partial charge in [-0.15, -0.1) is 0 Å². The Bertz CT molecular complexity index is 1490. The zero-order valence-corrected chi connectivity index (χ0v) is 31.3. The summed E-state index contributed by atoms with van der Waals surface area (Å²) in [5, 5.41) is 7.89. The van der Waals surface area contributed by atoms with E-state index in [-0.39, 0.29) is 31.7 Å². The third-order valence-electron chi connectivity index (χ3n) is 10.1. The quantitative estimate of drug-likeness (QED) is 0.0793. The molecule has 1 aromatic carbocycles. The topological polar surface area (TPSA) is 232 Å². The predicted molar refractivity (Wildman–Crippen MR) is 184 cm³/mol. The molecule has 3 fully saturated rings. The van der Waals surface area contributed by atoms with Crippen LogP contribution in [0.5, 0.6) is 0 Å². The molecule has 0 bridgehead atoms. The van der Waals surface area contributed by atoms with Crippen molar-refractivity contribution in [2.75, 3.05) is 13.2 Å². The molecule has 0 spiro atoms. The molecular formula is C35H50N6O12. The summed E-state index contributed by atoms with van der Waals surface area (Å²) in [6, 6.07) is 7.81. The third kappa shape index (κ3) is 10.8. The minimum absolute atomic E-state index is 0.00000472. The van der Waals surface area contributed by atoms with Gasteiger partial charge in [-0.3, -0.25) is 14.4 Å². The Hall–Kier alpha value is -3.99. The fourth-order valence-electron chi connectivity index (χ4n) is 7.01. The SMILES string of the molecule is CC(=O)OCC1O[C@H](O[C@@H]2C(C)O[C@@H](O[C@@H]3C(COC(C)=O)OC(OC(C)=O)C(N=[N+]=[N-])[C@H]3C)C(OCc3ccccc3)[C@H]2C)C(N=[N+]=[N-])[C@@H](C)[C@@H]1C. The lowest BCUT2D eigenvalue weighted by Gasteiger charge is -2.50. The molecule has 1 aromatic rings. The van der Waals surface area contributed by atoms with Crippen LogP contribution < -0.4 is 0 Å². The van der Waals surface area contributed by atoms with Crippen molar-refractivity contribution in [1.82, 2.24) is 0 Å². The summed E-state index contributed by atoms with van der Waals surface area (Å²) in [7, 11) is 0. The molecule has 3 aliphatic rings. The molecule has 18 nitrogen and oxygen atoms in total. The highest BCUT2D eigenvalue weighted by Gasteiger charge is 2.52. The maximum Gasteiger partial charge on any atom is 0.304 e. The van der Waals surface area contributed by atoms with Gasteiger partial charge in [0.1, 0.15) is 31.5 Å². The number of carbonyl (C=O) groups is 3. The molecular weight excluding hydrogens is 696 g/mol. The molecule has 4 rings (SSSR count). The largest absolute Gasteiger partial charge is 0.463 e. The molecule has 292 valence electrons. The van der Waals surface area contributed by atoms with E-state index in [0.717, 1.165) is 5.56 Å². The second-order valence-electron chi connectivity index (χ2n) is 13.8. The zero-order chi connectivity index (χ0) is 38.8. The number of hydrogen-bond donors (Lipinski definition) is 0. The van der Waals surface area contributed by atoms with Crippen LogP contribution >= 0.6 is 0 Å². The molecule has 0 aliphatic carbocycles. The fourth-order valence-corrected chi connectivity index (χ4v) is 7.01. The molecule has 0 N–H and O–H groups in total.